The Bertz CT molecular complexity index is 849. The van der Waals surface area contributed by atoms with Gasteiger partial charge in [0.15, 0.2) is 11.7 Å². The van der Waals surface area contributed by atoms with Crippen LogP contribution in [-0.2, 0) is 28.6 Å². The van der Waals surface area contributed by atoms with Gasteiger partial charge in [0.1, 0.15) is 12.2 Å². The lowest BCUT2D eigenvalue weighted by atomic mass is 9.52. The molecular formula is C24H36O9. The van der Waals surface area contributed by atoms with E-state index in [1.807, 2.05) is 0 Å². The number of esters is 3. The summed E-state index contributed by atoms with van der Waals surface area (Å²) in [5, 5.41) is 35.0. The quantitative estimate of drug-likeness (QED) is 0.312. The van der Waals surface area contributed by atoms with Gasteiger partial charge in [-0.1, -0.05) is 12.5 Å². The number of aliphatic hydroxyl groups is 3. The van der Waals surface area contributed by atoms with E-state index in [4.69, 9.17) is 14.2 Å². The number of carbonyl (C=O) groups is 3. The van der Waals surface area contributed by atoms with E-state index in [1.54, 1.807) is 26.8 Å². The second kappa shape index (κ2) is 8.67. The van der Waals surface area contributed by atoms with Crippen molar-refractivity contribution in [3.63, 3.8) is 0 Å². The van der Waals surface area contributed by atoms with Crippen molar-refractivity contribution < 1.29 is 43.9 Å². The Morgan fingerprint density at radius 2 is 1.73 bits per heavy atom. The first-order valence-electron chi connectivity index (χ1n) is 11.5. The number of rotatable bonds is 2. The van der Waals surface area contributed by atoms with Gasteiger partial charge in [-0.3, -0.25) is 14.4 Å². The molecule has 9 atom stereocenters. The molecule has 0 aromatic rings. The summed E-state index contributed by atoms with van der Waals surface area (Å²) in [5.41, 5.74) is -4.08. The van der Waals surface area contributed by atoms with Gasteiger partial charge in [0.2, 0.25) is 0 Å². The van der Waals surface area contributed by atoms with Crippen molar-refractivity contribution >= 4 is 17.9 Å². The monoisotopic (exact) mass is 468 g/mol. The molecule has 1 heterocycles. The Labute approximate surface area is 194 Å². The van der Waals surface area contributed by atoms with Crippen LogP contribution in [0.3, 0.4) is 0 Å². The summed E-state index contributed by atoms with van der Waals surface area (Å²) >= 11 is 0. The topological polar surface area (TPSA) is 140 Å². The van der Waals surface area contributed by atoms with Gasteiger partial charge in [-0.15, -0.1) is 0 Å². The largest absolute Gasteiger partial charge is 0.462 e. The summed E-state index contributed by atoms with van der Waals surface area (Å²) in [4.78, 5) is 36.9. The molecule has 0 bridgehead atoms. The Hall–Kier alpha value is -1.97. The molecule has 2 fully saturated rings. The number of aliphatic hydroxyl groups excluding tert-OH is 1. The molecule has 3 rings (SSSR count). The molecule has 0 aromatic heterocycles. The molecule has 3 aliphatic rings. The number of hydrogen-bond acceptors (Lipinski definition) is 9. The van der Waals surface area contributed by atoms with E-state index in [0.29, 0.717) is 12.8 Å². The molecule has 1 unspecified atom stereocenters. The zero-order valence-corrected chi connectivity index (χ0v) is 20.2. The normalized spacial score (nSPS) is 47.3. The molecule has 186 valence electrons. The molecule has 0 amide bonds. The van der Waals surface area contributed by atoms with Crippen molar-refractivity contribution in [3.8, 4) is 0 Å². The predicted octanol–water partition coefficient (Wildman–Crippen LogP) is 1.41. The minimum absolute atomic E-state index is 0.151. The second-order valence-corrected chi connectivity index (χ2v) is 10.4. The van der Waals surface area contributed by atoms with Gasteiger partial charge in [-0.25, -0.2) is 0 Å². The van der Waals surface area contributed by atoms with Crippen molar-refractivity contribution in [2.45, 2.75) is 103 Å². The van der Waals surface area contributed by atoms with E-state index in [2.05, 4.69) is 0 Å². The average molecular weight is 469 g/mol. The van der Waals surface area contributed by atoms with E-state index in [1.165, 1.54) is 20.8 Å². The summed E-state index contributed by atoms with van der Waals surface area (Å²) in [6, 6.07) is 0. The van der Waals surface area contributed by atoms with E-state index < -0.39 is 70.8 Å². The van der Waals surface area contributed by atoms with Crippen molar-refractivity contribution in [2.75, 3.05) is 0 Å². The zero-order valence-electron chi connectivity index (χ0n) is 20.2. The number of carbonyl (C=O) groups excluding carboxylic acids is 3. The molecule has 0 radical (unpaired) electrons. The number of hydrogen-bond donors (Lipinski definition) is 3. The van der Waals surface area contributed by atoms with Crippen LogP contribution in [-0.4, -0.2) is 68.8 Å². The highest BCUT2D eigenvalue weighted by molar-refractivity contribution is 5.77. The van der Waals surface area contributed by atoms with Gasteiger partial charge in [0.05, 0.1) is 17.6 Å². The highest BCUT2D eigenvalue weighted by Crippen LogP contribution is 2.57. The van der Waals surface area contributed by atoms with E-state index in [9.17, 15) is 29.7 Å². The Balaban J connectivity index is 2.33. The molecule has 0 aromatic carbocycles. The highest BCUT2D eigenvalue weighted by Gasteiger charge is 2.69. The first-order valence-corrected chi connectivity index (χ1v) is 11.5. The third-order valence-electron chi connectivity index (χ3n) is 8.02. The van der Waals surface area contributed by atoms with Gasteiger partial charge in [-0.2, -0.15) is 0 Å². The molecule has 3 N–H and O–H groups in total. The molecular weight excluding hydrogens is 432 g/mol. The summed E-state index contributed by atoms with van der Waals surface area (Å²) < 4.78 is 16.9. The van der Waals surface area contributed by atoms with Crippen molar-refractivity contribution in [3.05, 3.63) is 11.6 Å². The van der Waals surface area contributed by atoms with Gasteiger partial charge in [0.25, 0.3) is 0 Å². The Kier molecular flexibility index (Phi) is 6.74. The zero-order chi connectivity index (χ0) is 24.9. The van der Waals surface area contributed by atoms with E-state index in [0.717, 1.165) is 5.57 Å². The van der Waals surface area contributed by atoms with Gasteiger partial charge in [0, 0.05) is 25.2 Å². The molecule has 9 heteroatoms. The van der Waals surface area contributed by atoms with Crippen LogP contribution in [0.15, 0.2) is 11.6 Å². The summed E-state index contributed by atoms with van der Waals surface area (Å²) in [5.74, 6) is -4.10. The van der Waals surface area contributed by atoms with Crippen LogP contribution in [0.1, 0.15) is 67.2 Å². The molecule has 9 nitrogen and oxygen atoms in total. The van der Waals surface area contributed by atoms with Crippen molar-refractivity contribution in [1.29, 1.82) is 0 Å². The summed E-state index contributed by atoms with van der Waals surface area (Å²) in [6.07, 6.45) is -1.69. The van der Waals surface area contributed by atoms with Gasteiger partial charge < -0.3 is 29.5 Å². The van der Waals surface area contributed by atoms with Crippen LogP contribution in [0, 0.1) is 17.3 Å². The lowest BCUT2D eigenvalue weighted by Crippen LogP contribution is -2.70. The highest BCUT2D eigenvalue weighted by atomic mass is 16.6. The molecule has 0 spiro atoms. The molecule has 2 aliphatic carbocycles. The standard InChI is InChI=1S/C24H36O9/c1-12-7-8-17(31-14(3)25)23(6)16(27)9-10-22(5,29)19(23)20(32-15(4)26)24(30)13(2)21(28)33-18(24)11-12/h11,13,16-20,27,29-30H,7-10H2,1-6H3/b12-11-/t13-,16-,17-,18-,19-,20?,22-,23+,24-/m0/s1. The number of ether oxygens (including phenoxy) is 3. The minimum atomic E-state index is -2.02. The fourth-order valence-corrected chi connectivity index (χ4v) is 6.18. The van der Waals surface area contributed by atoms with Crippen LogP contribution < -0.4 is 0 Å². The lowest BCUT2D eigenvalue weighted by molar-refractivity contribution is -0.264. The molecule has 33 heavy (non-hydrogen) atoms. The third-order valence-corrected chi connectivity index (χ3v) is 8.02. The Morgan fingerprint density at radius 1 is 1.12 bits per heavy atom. The number of fused-ring (bicyclic) bond motifs is 2. The Morgan fingerprint density at radius 3 is 2.30 bits per heavy atom. The molecule has 1 aliphatic heterocycles. The van der Waals surface area contributed by atoms with Crippen LogP contribution >= 0.6 is 0 Å². The van der Waals surface area contributed by atoms with Crippen molar-refractivity contribution in [2.24, 2.45) is 17.3 Å². The maximum absolute atomic E-state index is 12.6. The van der Waals surface area contributed by atoms with Crippen molar-refractivity contribution in [1.82, 2.24) is 0 Å². The predicted molar refractivity (Wildman–Crippen MR) is 116 cm³/mol. The SMILES string of the molecule is CC(=O)OC1[C@@H]2[C@@](C)([C@@H](OC(C)=O)CC/C(C)=C\[C@@H]3OC(=O)[C@H](C)[C@@]13O)[C@@H](O)CC[C@]2(C)O. The third kappa shape index (κ3) is 4.19. The van der Waals surface area contributed by atoms with Crippen LogP contribution in [0.25, 0.3) is 0 Å². The fraction of sp³-hybridized carbons (Fsp3) is 0.792. The average Bonchev–Trinajstić information content (AvgIpc) is 2.90. The van der Waals surface area contributed by atoms with Gasteiger partial charge in [-0.05, 0) is 52.5 Å². The van der Waals surface area contributed by atoms with Crippen LogP contribution in [0.2, 0.25) is 0 Å². The summed E-state index contributed by atoms with van der Waals surface area (Å²) in [6.45, 7) is 8.97. The first kappa shape index (κ1) is 25.6. The lowest BCUT2D eigenvalue weighted by Gasteiger charge is -2.59. The maximum atomic E-state index is 12.6. The fourth-order valence-electron chi connectivity index (χ4n) is 6.18. The molecule has 1 saturated heterocycles. The van der Waals surface area contributed by atoms with Gasteiger partial charge >= 0.3 is 17.9 Å². The number of allylic oxidation sites excluding steroid dienone is 1. The van der Waals surface area contributed by atoms with Crippen LogP contribution in [0.4, 0.5) is 0 Å². The van der Waals surface area contributed by atoms with E-state index >= 15 is 0 Å². The summed E-state index contributed by atoms with van der Waals surface area (Å²) in [7, 11) is 0. The maximum Gasteiger partial charge on any atom is 0.312 e. The minimum Gasteiger partial charge on any atom is -0.462 e. The van der Waals surface area contributed by atoms with Crippen LogP contribution in [0.5, 0.6) is 0 Å². The smallest absolute Gasteiger partial charge is 0.312 e. The second-order valence-electron chi connectivity index (χ2n) is 10.4. The van der Waals surface area contributed by atoms with E-state index in [-0.39, 0.29) is 12.8 Å². The first-order chi connectivity index (χ1) is 15.2. The molecule has 1 saturated carbocycles.